The Morgan fingerprint density at radius 1 is 0.444 bits per heavy atom. The Balaban J connectivity index is 1.77. The topological polar surface area (TPSA) is 0 Å². The van der Waals surface area contributed by atoms with Crippen LogP contribution in [0.3, 0.4) is 0 Å². The van der Waals surface area contributed by atoms with Gasteiger partial charge in [0, 0.05) is 0 Å². The van der Waals surface area contributed by atoms with E-state index in [2.05, 4.69) is 0 Å². The molecule has 0 saturated heterocycles. The predicted molar refractivity (Wildman–Crippen MR) is 78.7 cm³/mol. The maximum Gasteiger partial charge on any atom is -0.0241 e. The van der Waals surface area contributed by atoms with Gasteiger partial charge in [-0.1, -0.05) is 57.8 Å². The number of hydrogen-bond acceptors (Lipinski definition) is 0. The van der Waals surface area contributed by atoms with Crippen molar-refractivity contribution in [3.63, 3.8) is 0 Å². The van der Waals surface area contributed by atoms with Gasteiger partial charge >= 0.3 is 0 Å². The Morgan fingerprint density at radius 3 is 1.28 bits per heavy atom. The molecule has 3 rings (SSSR count). The second-order valence-electron chi connectivity index (χ2n) is 7.46. The summed E-state index contributed by atoms with van der Waals surface area (Å²) in [5, 5.41) is 0. The van der Waals surface area contributed by atoms with E-state index in [1.54, 1.807) is 77.0 Å². The Morgan fingerprint density at radius 2 is 0.833 bits per heavy atom. The highest BCUT2D eigenvalue weighted by Gasteiger charge is 2.45. The van der Waals surface area contributed by atoms with Gasteiger partial charge in [0.15, 0.2) is 0 Å². The van der Waals surface area contributed by atoms with E-state index in [4.69, 9.17) is 0 Å². The first-order chi connectivity index (χ1) is 8.92. The van der Waals surface area contributed by atoms with Crippen LogP contribution in [0.15, 0.2) is 0 Å². The van der Waals surface area contributed by atoms with Gasteiger partial charge in [-0.25, -0.2) is 0 Å². The lowest BCUT2D eigenvalue weighted by atomic mass is 9.53. The highest BCUT2D eigenvalue weighted by molar-refractivity contribution is 4.95. The van der Waals surface area contributed by atoms with Crippen molar-refractivity contribution in [1.82, 2.24) is 0 Å². The lowest BCUT2D eigenvalue weighted by Crippen LogP contribution is -2.41. The quantitative estimate of drug-likeness (QED) is 0.554. The summed E-state index contributed by atoms with van der Waals surface area (Å²) in [6.07, 6.45) is 23.4. The van der Waals surface area contributed by atoms with Crippen molar-refractivity contribution < 1.29 is 0 Å². The Bertz CT molecular complexity index is 217. The maximum absolute atomic E-state index is 1.60. The van der Waals surface area contributed by atoms with Crippen LogP contribution in [0.5, 0.6) is 0 Å². The molecule has 0 unspecified atom stereocenters. The van der Waals surface area contributed by atoms with Crippen molar-refractivity contribution in [2.24, 2.45) is 17.3 Å². The molecule has 0 aliphatic heterocycles. The lowest BCUT2D eigenvalue weighted by molar-refractivity contribution is -0.0125. The number of hydrogen-bond donors (Lipinski definition) is 0. The third kappa shape index (κ3) is 2.49. The fraction of sp³-hybridized carbons (Fsp3) is 1.00. The molecule has 0 N–H and O–H groups in total. The molecule has 104 valence electrons. The van der Waals surface area contributed by atoms with Crippen LogP contribution in [0, 0.1) is 17.3 Å². The molecule has 0 amide bonds. The van der Waals surface area contributed by atoms with E-state index in [1.165, 1.54) is 19.3 Å². The third-order valence-corrected chi connectivity index (χ3v) is 6.62. The molecular weight excluding hydrogens is 216 g/mol. The van der Waals surface area contributed by atoms with Crippen LogP contribution in [0.2, 0.25) is 0 Å². The average molecular weight is 248 g/mol. The summed E-state index contributed by atoms with van der Waals surface area (Å²) in [5.41, 5.74) is 0.819. The van der Waals surface area contributed by atoms with Gasteiger partial charge in [0.2, 0.25) is 0 Å². The van der Waals surface area contributed by atoms with Gasteiger partial charge in [0.05, 0.1) is 0 Å². The molecule has 3 aliphatic rings. The fourth-order valence-electron chi connectivity index (χ4n) is 5.71. The first kappa shape index (κ1) is 13.0. The number of rotatable bonds is 2. The van der Waals surface area contributed by atoms with Gasteiger partial charge in [-0.2, -0.15) is 0 Å². The zero-order valence-corrected chi connectivity index (χ0v) is 12.3. The van der Waals surface area contributed by atoms with Crippen LogP contribution in [0.4, 0.5) is 0 Å². The van der Waals surface area contributed by atoms with Crippen molar-refractivity contribution >= 4 is 0 Å². The molecule has 0 aromatic rings. The largest absolute Gasteiger partial charge is 0.0533 e. The molecule has 0 heteroatoms. The molecule has 0 aromatic heterocycles. The van der Waals surface area contributed by atoms with Gasteiger partial charge in [-0.15, -0.1) is 0 Å². The molecule has 0 spiro atoms. The van der Waals surface area contributed by atoms with Crippen LogP contribution >= 0.6 is 0 Å². The van der Waals surface area contributed by atoms with Gasteiger partial charge < -0.3 is 0 Å². The third-order valence-electron chi connectivity index (χ3n) is 6.62. The zero-order chi connectivity index (χ0) is 12.3. The van der Waals surface area contributed by atoms with Gasteiger partial charge in [0.1, 0.15) is 0 Å². The van der Waals surface area contributed by atoms with Crippen LogP contribution in [-0.2, 0) is 0 Å². The monoisotopic (exact) mass is 248 g/mol. The van der Waals surface area contributed by atoms with E-state index in [0.29, 0.717) is 0 Å². The molecule has 0 radical (unpaired) electrons. The Hall–Kier alpha value is 0. The highest BCUT2D eigenvalue weighted by atomic mass is 14.5. The minimum Gasteiger partial charge on any atom is -0.0533 e. The van der Waals surface area contributed by atoms with Gasteiger partial charge in [-0.3, -0.25) is 0 Å². The summed E-state index contributed by atoms with van der Waals surface area (Å²) in [7, 11) is 0. The molecule has 3 saturated carbocycles. The molecular formula is C18H32. The smallest absolute Gasteiger partial charge is 0.0241 e. The van der Waals surface area contributed by atoms with Crippen molar-refractivity contribution in [3.05, 3.63) is 0 Å². The molecule has 3 aliphatic carbocycles. The molecule has 0 bridgehead atoms. The van der Waals surface area contributed by atoms with E-state index < -0.39 is 0 Å². The first-order valence-corrected chi connectivity index (χ1v) is 8.92. The van der Waals surface area contributed by atoms with E-state index in [0.717, 1.165) is 17.3 Å². The molecule has 0 atom stereocenters. The zero-order valence-electron chi connectivity index (χ0n) is 12.3. The summed E-state index contributed by atoms with van der Waals surface area (Å²) >= 11 is 0. The van der Waals surface area contributed by atoms with E-state index in [9.17, 15) is 0 Å². The van der Waals surface area contributed by atoms with E-state index in [-0.39, 0.29) is 0 Å². The summed E-state index contributed by atoms with van der Waals surface area (Å²) in [5.74, 6) is 2.24. The summed E-state index contributed by atoms with van der Waals surface area (Å²) in [6, 6.07) is 0. The molecule has 0 heterocycles. The van der Waals surface area contributed by atoms with Crippen LogP contribution in [0.1, 0.15) is 96.3 Å². The minimum absolute atomic E-state index is 0.819. The molecule has 18 heavy (non-hydrogen) atoms. The highest BCUT2D eigenvalue weighted by Crippen LogP contribution is 2.56. The lowest BCUT2D eigenvalue weighted by Gasteiger charge is -2.52. The summed E-state index contributed by atoms with van der Waals surface area (Å²) < 4.78 is 0. The van der Waals surface area contributed by atoms with Crippen LogP contribution in [0.25, 0.3) is 0 Å². The summed E-state index contributed by atoms with van der Waals surface area (Å²) in [4.78, 5) is 0. The van der Waals surface area contributed by atoms with E-state index >= 15 is 0 Å². The molecule has 0 aromatic carbocycles. The summed E-state index contributed by atoms with van der Waals surface area (Å²) in [6.45, 7) is 0. The first-order valence-electron chi connectivity index (χ1n) is 8.92. The standard InChI is InChI=1S/C18H32/c1-4-10-16(11-5-1)18(14-8-3-9-15-18)17-12-6-2-7-13-17/h16-17H,1-15H2. The minimum atomic E-state index is 0.819. The van der Waals surface area contributed by atoms with Gasteiger partial charge in [-0.05, 0) is 55.8 Å². The van der Waals surface area contributed by atoms with Crippen molar-refractivity contribution in [2.45, 2.75) is 96.3 Å². The van der Waals surface area contributed by atoms with Crippen molar-refractivity contribution in [3.8, 4) is 0 Å². The molecule has 0 nitrogen and oxygen atoms in total. The maximum atomic E-state index is 1.60. The second kappa shape index (κ2) is 5.97. The van der Waals surface area contributed by atoms with Crippen LogP contribution < -0.4 is 0 Å². The van der Waals surface area contributed by atoms with Crippen LogP contribution in [-0.4, -0.2) is 0 Å². The second-order valence-corrected chi connectivity index (χ2v) is 7.46. The van der Waals surface area contributed by atoms with E-state index in [1.807, 2.05) is 0 Å². The molecule has 3 fully saturated rings. The Kier molecular flexibility index (Phi) is 4.31. The normalized spacial score (nSPS) is 31.3. The average Bonchev–Trinajstić information content (AvgIpc) is 2.50. The Labute approximate surface area is 114 Å². The van der Waals surface area contributed by atoms with Crippen molar-refractivity contribution in [2.75, 3.05) is 0 Å². The fourth-order valence-corrected chi connectivity index (χ4v) is 5.71. The SMILES string of the molecule is C1CCC(C2(C3CCCCC3)CCCCC2)CC1. The van der Waals surface area contributed by atoms with Crippen molar-refractivity contribution in [1.29, 1.82) is 0 Å². The van der Waals surface area contributed by atoms with Gasteiger partial charge in [0.25, 0.3) is 0 Å². The predicted octanol–water partition coefficient (Wildman–Crippen LogP) is 6.10.